The lowest BCUT2D eigenvalue weighted by molar-refractivity contribution is 0.150. The number of aryl methyl sites for hydroxylation is 2. The predicted molar refractivity (Wildman–Crippen MR) is 72.5 cm³/mol. The predicted octanol–water partition coefficient (Wildman–Crippen LogP) is 4.43. The van der Waals surface area contributed by atoms with Crippen LogP contribution in [0.5, 0.6) is 5.75 Å². The zero-order valence-corrected chi connectivity index (χ0v) is 11.1. The first-order valence-corrected chi connectivity index (χ1v) is 6.48. The van der Waals surface area contributed by atoms with Crippen molar-refractivity contribution in [2.75, 3.05) is 0 Å². The summed E-state index contributed by atoms with van der Waals surface area (Å²) in [4.78, 5) is 0. The molecule has 1 aliphatic carbocycles. The molecule has 1 nitrogen and oxygen atoms in total. The molecular formula is C16H22O. The van der Waals surface area contributed by atoms with Crippen LogP contribution in [-0.4, -0.2) is 6.10 Å². The Morgan fingerprint density at radius 3 is 2.65 bits per heavy atom. The van der Waals surface area contributed by atoms with E-state index in [0.717, 1.165) is 25.0 Å². The molecule has 0 amide bonds. The molecule has 1 saturated carbocycles. The van der Waals surface area contributed by atoms with Crippen LogP contribution >= 0.6 is 0 Å². The fraction of sp³-hybridized carbons (Fsp3) is 0.500. The van der Waals surface area contributed by atoms with Crippen molar-refractivity contribution in [1.82, 2.24) is 0 Å². The third kappa shape index (κ3) is 2.91. The third-order valence-corrected chi connectivity index (χ3v) is 3.88. The number of hydrogen-bond donors (Lipinski definition) is 0. The lowest BCUT2D eigenvalue weighted by atomic mass is 9.85. The molecule has 0 spiro atoms. The summed E-state index contributed by atoms with van der Waals surface area (Å²) in [6, 6.07) is 6.36. The maximum absolute atomic E-state index is 6.07. The monoisotopic (exact) mass is 230 g/mol. The topological polar surface area (TPSA) is 9.23 Å². The Bertz CT molecular complexity index is 420. The van der Waals surface area contributed by atoms with Crippen LogP contribution in [0.25, 0.3) is 0 Å². The van der Waals surface area contributed by atoms with Crippen LogP contribution in [0, 0.1) is 19.8 Å². The second-order valence-corrected chi connectivity index (χ2v) is 5.32. The first kappa shape index (κ1) is 12.2. The van der Waals surface area contributed by atoms with Gasteiger partial charge in [-0.15, -0.1) is 0 Å². The summed E-state index contributed by atoms with van der Waals surface area (Å²) < 4.78 is 6.07. The van der Waals surface area contributed by atoms with Crippen molar-refractivity contribution >= 4 is 0 Å². The van der Waals surface area contributed by atoms with Gasteiger partial charge in [-0.05, 0) is 62.3 Å². The van der Waals surface area contributed by atoms with Gasteiger partial charge in [-0.25, -0.2) is 0 Å². The van der Waals surface area contributed by atoms with Gasteiger partial charge < -0.3 is 4.74 Å². The number of ether oxygens (including phenoxy) is 1. The molecular weight excluding hydrogens is 208 g/mol. The average Bonchev–Trinajstić information content (AvgIpc) is 2.29. The van der Waals surface area contributed by atoms with E-state index in [1.165, 1.54) is 16.7 Å². The van der Waals surface area contributed by atoms with Gasteiger partial charge in [-0.3, -0.25) is 0 Å². The lowest BCUT2D eigenvalue weighted by Gasteiger charge is -2.29. The van der Waals surface area contributed by atoms with Gasteiger partial charge in [0.05, 0.1) is 6.10 Å². The van der Waals surface area contributed by atoms with Crippen LogP contribution in [0.4, 0.5) is 0 Å². The fourth-order valence-electron chi connectivity index (χ4n) is 2.36. The lowest BCUT2D eigenvalue weighted by Crippen LogP contribution is -2.25. The molecule has 0 radical (unpaired) electrons. The second-order valence-electron chi connectivity index (χ2n) is 5.32. The van der Waals surface area contributed by atoms with Gasteiger partial charge in [0, 0.05) is 0 Å². The van der Waals surface area contributed by atoms with Crippen molar-refractivity contribution < 1.29 is 4.74 Å². The van der Waals surface area contributed by atoms with Gasteiger partial charge in [0.2, 0.25) is 0 Å². The maximum atomic E-state index is 6.07. The van der Waals surface area contributed by atoms with E-state index >= 15 is 0 Å². The summed E-state index contributed by atoms with van der Waals surface area (Å²) in [7, 11) is 0. The fourth-order valence-corrected chi connectivity index (χ4v) is 2.36. The molecule has 0 saturated heterocycles. The second kappa shape index (κ2) is 4.95. The van der Waals surface area contributed by atoms with Gasteiger partial charge in [0.15, 0.2) is 0 Å². The third-order valence-electron chi connectivity index (χ3n) is 3.88. The summed E-state index contributed by atoms with van der Waals surface area (Å²) >= 11 is 0. The number of allylic oxidation sites excluding steroid dienone is 1. The highest BCUT2D eigenvalue weighted by Gasteiger charge is 2.22. The van der Waals surface area contributed by atoms with Crippen molar-refractivity contribution in [2.45, 2.75) is 46.1 Å². The van der Waals surface area contributed by atoms with Crippen LogP contribution in [0.15, 0.2) is 30.4 Å². The Morgan fingerprint density at radius 1 is 1.24 bits per heavy atom. The quantitative estimate of drug-likeness (QED) is 0.683. The summed E-state index contributed by atoms with van der Waals surface area (Å²) in [5.41, 5.74) is 4.00. The molecule has 2 unspecified atom stereocenters. The molecule has 0 aliphatic heterocycles. The first-order valence-electron chi connectivity index (χ1n) is 6.48. The van der Waals surface area contributed by atoms with E-state index in [1.54, 1.807) is 0 Å². The Hall–Kier alpha value is -1.24. The minimum atomic E-state index is 0.359. The summed E-state index contributed by atoms with van der Waals surface area (Å²) in [6.07, 6.45) is 3.68. The molecule has 2 atom stereocenters. The van der Waals surface area contributed by atoms with Crippen LogP contribution in [0.1, 0.15) is 37.3 Å². The molecule has 2 rings (SSSR count). The Kier molecular flexibility index (Phi) is 3.56. The minimum Gasteiger partial charge on any atom is -0.490 e. The summed E-state index contributed by atoms with van der Waals surface area (Å²) in [6.45, 7) is 10.6. The zero-order chi connectivity index (χ0) is 12.4. The largest absolute Gasteiger partial charge is 0.490 e. The smallest absolute Gasteiger partial charge is 0.119 e. The SMILES string of the molecule is C=C1CCC(Oc2ccc(C)c(C)c2)CC1C. The van der Waals surface area contributed by atoms with Crippen molar-refractivity contribution in [3.05, 3.63) is 41.5 Å². The molecule has 0 N–H and O–H groups in total. The number of hydrogen-bond acceptors (Lipinski definition) is 1. The van der Waals surface area contributed by atoms with Crippen molar-refractivity contribution in [3.63, 3.8) is 0 Å². The zero-order valence-electron chi connectivity index (χ0n) is 11.1. The Labute approximate surface area is 104 Å². The average molecular weight is 230 g/mol. The summed E-state index contributed by atoms with van der Waals surface area (Å²) in [5.74, 6) is 1.61. The standard InChI is InChI=1S/C16H22O/c1-11-5-7-15(9-13(11)3)17-16-8-6-12(2)14(4)10-16/h6,8,10,13,15H,1,5,7,9H2,2-4H3. The molecule has 17 heavy (non-hydrogen) atoms. The van der Waals surface area contributed by atoms with E-state index in [0.29, 0.717) is 12.0 Å². The molecule has 0 bridgehead atoms. The number of rotatable bonds is 2. The van der Waals surface area contributed by atoms with Gasteiger partial charge in [-0.1, -0.05) is 25.1 Å². The van der Waals surface area contributed by atoms with E-state index < -0.39 is 0 Å². The van der Waals surface area contributed by atoms with Gasteiger partial charge >= 0.3 is 0 Å². The van der Waals surface area contributed by atoms with Gasteiger partial charge in [-0.2, -0.15) is 0 Å². The minimum absolute atomic E-state index is 0.359. The summed E-state index contributed by atoms with van der Waals surface area (Å²) in [5, 5.41) is 0. The Balaban J connectivity index is 2.01. The van der Waals surface area contributed by atoms with E-state index in [9.17, 15) is 0 Å². The van der Waals surface area contributed by atoms with Crippen molar-refractivity contribution in [3.8, 4) is 5.75 Å². The molecule has 1 heteroatoms. The molecule has 92 valence electrons. The van der Waals surface area contributed by atoms with Crippen molar-refractivity contribution in [2.24, 2.45) is 5.92 Å². The highest BCUT2D eigenvalue weighted by atomic mass is 16.5. The molecule has 1 aromatic carbocycles. The molecule has 1 aliphatic rings. The van der Waals surface area contributed by atoms with E-state index in [4.69, 9.17) is 4.74 Å². The van der Waals surface area contributed by atoms with Crippen LogP contribution in [0.2, 0.25) is 0 Å². The van der Waals surface area contributed by atoms with Crippen LogP contribution < -0.4 is 4.74 Å². The highest BCUT2D eigenvalue weighted by Crippen LogP contribution is 2.31. The van der Waals surface area contributed by atoms with Gasteiger partial charge in [0.25, 0.3) is 0 Å². The van der Waals surface area contributed by atoms with E-state index in [1.807, 2.05) is 0 Å². The van der Waals surface area contributed by atoms with Crippen LogP contribution in [-0.2, 0) is 0 Å². The highest BCUT2D eigenvalue weighted by molar-refractivity contribution is 5.34. The van der Waals surface area contributed by atoms with E-state index in [2.05, 4.69) is 45.5 Å². The Morgan fingerprint density at radius 2 is 2.00 bits per heavy atom. The molecule has 1 fully saturated rings. The molecule has 1 aromatic rings. The first-order chi connectivity index (χ1) is 8.06. The number of benzene rings is 1. The maximum Gasteiger partial charge on any atom is 0.119 e. The van der Waals surface area contributed by atoms with Gasteiger partial charge in [0.1, 0.15) is 5.75 Å². The van der Waals surface area contributed by atoms with Crippen LogP contribution in [0.3, 0.4) is 0 Å². The normalized spacial score (nSPS) is 24.8. The molecule has 0 heterocycles. The molecule has 0 aromatic heterocycles. The van der Waals surface area contributed by atoms with Crippen molar-refractivity contribution in [1.29, 1.82) is 0 Å². The van der Waals surface area contributed by atoms with E-state index in [-0.39, 0.29) is 0 Å².